The third-order valence-corrected chi connectivity index (χ3v) is 4.93. The highest BCUT2D eigenvalue weighted by molar-refractivity contribution is 7.14. The van der Waals surface area contributed by atoms with Crippen LogP contribution in [0.15, 0.2) is 47.3 Å². The van der Waals surface area contributed by atoms with E-state index in [4.69, 9.17) is 4.74 Å². The average Bonchev–Trinajstić information content (AvgIpc) is 3.12. The Balaban J connectivity index is 1.66. The van der Waals surface area contributed by atoms with Crippen LogP contribution in [-0.4, -0.2) is 16.5 Å². The van der Waals surface area contributed by atoms with Crippen molar-refractivity contribution in [2.24, 2.45) is 0 Å². The van der Waals surface area contributed by atoms with Crippen molar-refractivity contribution in [1.29, 1.82) is 0 Å². The summed E-state index contributed by atoms with van der Waals surface area (Å²) < 4.78 is 7.56. The lowest BCUT2D eigenvalue weighted by atomic mass is 10.1. The van der Waals surface area contributed by atoms with E-state index < -0.39 is 0 Å². The van der Waals surface area contributed by atoms with Crippen molar-refractivity contribution in [3.63, 3.8) is 0 Å². The van der Waals surface area contributed by atoms with E-state index in [1.54, 1.807) is 6.07 Å². The molecule has 0 radical (unpaired) electrons. The summed E-state index contributed by atoms with van der Waals surface area (Å²) in [5, 5.41) is 0.600. The molecule has 1 aromatic heterocycles. The van der Waals surface area contributed by atoms with Crippen LogP contribution in [0.3, 0.4) is 0 Å². The summed E-state index contributed by atoms with van der Waals surface area (Å²) in [5.74, 6) is 0.709. The fraction of sp³-hybridized carbons (Fsp3) is 0.176. The van der Waals surface area contributed by atoms with Crippen LogP contribution in [0.5, 0.6) is 5.75 Å². The fourth-order valence-electron chi connectivity index (χ4n) is 2.73. The second kappa shape index (κ2) is 5.10. The highest BCUT2D eigenvalue weighted by atomic mass is 32.1. The summed E-state index contributed by atoms with van der Waals surface area (Å²) in [5.41, 5.74) is 1.82. The maximum absolute atomic E-state index is 12.4. The molecule has 0 fully saturated rings. The number of nitrogens with zero attached hydrogens (tertiary/aromatic N) is 1. The molecule has 1 aliphatic rings. The Morgan fingerprint density at radius 2 is 2.09 bits per heavy atom. The number of rotatable bonds is 2. The first kappa shape index (κ1) is 13.3. The smallest absolute Gasteiger partial charge is 0.275 e. The molecule has 110 valence electrons. The van der Waals surface area contributed by atoms with Gasteiger partial charge in [-0.1, -0.05) is 24.3 Å². The van der Waals surface area contributed by atoms with Crippen LogP contribution in [0.1, 0.15) is 15.9 Å². The van der Waals surface area contributed by atoms with Gasteiger partial charge in [-0.25, -0.2) is 0 Å². The van der Waals surface area contributed by atoms with Gasteiger partial charge in [0.2, 0.25) is 5.91 Å². The van der Waals surface area contributed by atoms with Crippen molar-refractivity contribution in [1.82, 2.24) is 3.96 Å². The fourth-order valence-corrected chi connectivity index (χ4v) is 3.67. The molecule has 0 N–H and O–H groups in total. The van der Waals surface area contributed by atoms with Gasteiger partial charge in [-0.05, 0) is 40.9 Å². The minimum absolute atomic E-state index is 0.190. The molecule has 0 aliphatic carbocycles. The van der Waals surface area contributed by atoms with E-state index >= 15 is 0 Å². The van der Waals surface area contributed by atoms with Gasteiger partial charge in [0.25, 0.3) is 5.56 Å². The number of aromatic nitrogens is 1. The van der Waals surface area contributed by atoms with Crippen molar-refractivity contribution < 1.29 is 9.53 Å². The maximum Gasteiger partial charge on any atom is 0.275 e. The van der Waals surface area contributed by atoms with Gasteiger partial charge in [0, 0.05) is 6.42 Å². The number of hydrogen-bond acceptors (Lipinski definition) is 4. The minimum Gasteiger partial charge on any atom is -0.493 e. The molecule has 0 amide bonds. The van der Waals surface area contributed by atoms with Gasteiger partial charge in [0.1, 0.15) is 5.75 Å². The van der Waals surface area contributed by atoms with E-state index in [2.05, 4.69) is 0 Å². The Kier molecular flexibility index (Phi) is 3.08. The molecule has 4 nitrogen and oxygen atoms in total. The third-order valence-electron chi connectivity index (χ3n) is 3.83. The summed E-state index contributed by atoms with van der Waals surface area (Å²) in [6, 6.07) is 13.1. The van der Waals surface area contributed by atoms with Crippen molar-refractivity contribution in [3.8, 4) is 5.75 Å². The summed E-state index contributed by atoms with van der Waals surface area (Å²) in [6.45, 7) is 0.697. The predicted molar refractivity (Wildman–Crippen MR) is 86.1 cm³/mol. The predicted octanol–water partition coefficient (Wildman–Crippen LogP) is 2.88. The first-order valence-corrected chi connectivity index (χ1v) is 7.88. The van der Waals surface area contributed by atoms with E-state index in [0.717, 1.165) is 28.0 Å². The van der Waals surface area contributed by atoms with Crippen LogP contribution in [0.25, 0.3) is 10.1 Å². The molecule has 2 aromatic carbocycles. The van der Waals surface area contributed by atoms with Gasteiger partial charge in [0.15, 0.2) is 0 Å². The number of hydrogen-bond donors (Lipinski definition) is 0. The molecule has 0 saturated carbocycles. The third kappa shape index (κ3) is 2.14. The molecule has 0 unspecified atom stereocenters. The molecule has 3 aromatic rings. The normalized spacial score (nSPS) is 13.1. The minimum atomic E-state index is -0.227. The van der Waals surface area contributed by atoms with Crippen molar-refractivity contribution in [2.75, 3.05) is 6.61 Å². The van der Waals surface area contributed by atoms with Crippen LogP contribution < -0.4 is 10.3 Å². The molecule has 5 heteroatoms. The molecule has 4 rings (SSSR count). The largest absolute Gasteiger partial charge is 0.493 e. The first-order valence-electron chi connectivity index (χ1n) is 7.11. The zero-order valence-electron chi connectivity index (χ0n) is 11.7. The Bertz CT molecular complexity index is 938. The summed E-state index contributed by atoms with van der Waals surface area (Å²) in [6.07, 6.45) is 1.10. The maximum atomic E-state index is 12.4. The van der Waals surface area contributed by atoms with Crippen molar-refractivity contribution in [3.05, 3.63) is 63.9 Å². The number of benzene rings is 2. The summed E-state index contributed by atoms with van der Waals surface area (Å²) in [4.78, 5) is 24.7. The molecular weight excluding hydrogens is 298 g/mol. The van der Waals surface area contributed by atoms with Gasteiger partial charge in [-0.3, -0.25) is 9.59 Å². The molecule has 0 saturated heterocycles. The lowest BCUT2D eigenvalue weighted by Crippen LogP contribution is -2.22. The monoisotopic (exact) mass is 311 g/mol. The Morgan fingerprint density at radius 1 is 1.23 bits per heavy atom. The van der Waals surface area contributed by atoms with E-state index in [0.29, 0.717) is 12.0 Å². The van der Waals surface area contributed by atoms with Gasteiger partial charge >= 0.3 is 0 Å². The molecular formula is C17H13NO3S. The first-order chi connectivity index (χ1) is 10.7. The highest BCUT2D eigenvalue weighted by Crippen LogP contribution is 2.26. The van der Waals surface area contributed by atoms with E-state index in [1.807, 2.05) is 36.4 Å². The second-order valence-corrected chi connectivity index (χ2v) is 6.29. The van der Waals surface area contributed by atoms with Crippen molar-refractivity contribution in [2.45, 2.75) is 12.8 Å². The topological polar surface area (TPSA) is 48.3 Å². The van der Waals surface area contributed by atoms with E-state index in [-0.39, 0.29) is 17.9 Å². The number of ether oxygens (including phenoxy) is 1. The molecule has 0 bridgehead atoms. The number of carbonyl (C=O) groups is 1. The van der Waals surface area contributed by atoms with Gasteiger partial charge in [-0.15, -0.1) is 0 Å². The van der Waals surface area contributed by atoms with Crippen LogP contribution in [0.2, 0.25) is 0 Å². The van der Waals surface area contributed by atoms with Gasteiger partial charge < -0.3 is 4.74 Å². The van der Waals surface area contributed by atoms with E-state index in [1.165, 1.54) is 15.5 Å². The zero-order chi connectivity index (χ0) is 15.1. The van der Waals surface area contributed by atoms with Gasteiger partial charge in [0.05, 0.1) is 23.1 Å². The Morgan fingerprint density at radius 3 is 2.95 bits per heavy atom. The van der Waals surface area contributed by atoms with Crippen LogP contribution in [0, 0.1) is 0 Å². The van der Waals surface area contributed by atoms with Gasteiger partial charge in [-0.2, -0.15) is 3.96 Å². The quantitative estimate of drug-likeness (QED) is 0.731. The standard InChI is InChI=1S/C17H13NO3S/c19-16(10-11-5-6-14-12(9-11)7-8-21-14)18-17(20)13-3-1-2-4-15(13)22-18/h1-6,9H,7-8,10H2. The Hall–Kier alpha value is -2.40. The van der Waals surface area contributed by atoms with Crippen LogP contribution in [0.4, 0.5) is 0 Å². The van der Waals surface area contributed by atoms with Crippen molar-refractivity contribution >= 4 is 27.5 Å². The van der Waals surface area contributed by atoms with E-state index in [9.17, 15) is 9.59 Å². The summed E-state index contributed by atoms with van der Waals surface area (Å²) >= 11 is 1.21. The van der Waals surface area contributed by atoms with Crippen LogP contribution >= 0.6 is 11.5 Å². The highest BCUT2D eigenvalue weighted by Gasteiger charge is 2.16. The van der Waals surface area contributed by atoms with Crippen LogP contribution in [-0.2, 0) is 12.8 Å². The average molecular weight is 311 g/mol. The molecule has 22 heavy (non-hydrogen) atoms. The number of carbonyl (C=O) groups excluding carboxylic acids is 1. The Labute approximate surface area is 130 Å². The zero-order valence-corrected chi connectivity index (χ0v) is 12.6. The second-order valence-electron chi connectivity index (χ2n) is 5.30. The number of fused-ring (bicyclic) bond motifs is 2. The molecule has 0 atom stereocenters. The lowest BCUT2D eigenvalue weighted by Gasteiger charge is -2.03. The molecule has 1 aliphatic heterocycles. The lowest BCUT2D eigenvalue weighted by molar-refractivity contribution is 0.0923. The summed E-state index contributed by atoms with van der Waals surface area (Å²) in [7, 11) is 0. The SMILES string of the molecule is O=C(Cc1ccc2c(c1)CCO2)n1sc2ccccc2c1=O. The molecule has 0 spiro atoms. The molecule has 2 heterocycles.